The average molecular weight is 349 g/mol. The van der Waals surface area contributed by atoms with Crippen molar-refractivity contribution in [1.29, 1.82) is 0 Å². The largest absolute Gasteiger partial charge is 0.497 e. The lowest BCUT2D eigenvalue weighted by molar-refractivity contribution is -0.138. The molecule has 0 aliphatic carbocycles. The molecule has 128 valence electrons. The van der Waals surface area contributed by atoms with E-state index in [-0.39, 0.29) is 11.4 Å². The molecular formula is C17H19NO5S. The van der Waals surface area contributed by atoms with Crippen LogP contribution in [0.3, 0.4) is 0 Å². The number of ether oxygens (including phenoxy) is 1. The molecular weight excluding hydrogens is 330 g/mol. The van der Waals surface area contributed by atoms with Crippen molar-refractivity contribution in [2.75, 3.05) is 13.7 Å². The summed E-state index contributed by atoms with van der Waals surface area (Å²) in [4.78, 5) is 11.5. The zero-order valence-electron chi connectivity index (χ0n) is 13.4. The standard InChI is InChI=1S/C17H19NO5S/c1-12-8-9-14(23-2)10-16(12)24(21,22)18-11-15(17(19)20)13-6-4-3-5-7-13/h3-10,15,18H,11H2,1-2H3,(H,19,20). The summed E-state index contributed by atoms with van der Waals surface area (Å²) in [5.41, 5.74) is 1.09. The number of carbonyl (C=O) groups is 1. The maximum Gasteiger partial charge on any atom is 0.312 e. The second kappa shape index (κ2) is 7.46. The van der Waals surface area contributed by atoms with Crippen molar-refractivity contribution in [3.05, 3.63) is 59.7 Å². The minimum Gasteiger partial charge on any atom is -0.497 e. The van der Waals surface area contributed by atoms with Gasteiger partial charge in [-0.3, -0.25) is 4.79 Å². The highest BCUT2D eigenvalue weighted by molar-refractivity contribution is 7.89. The predicted molar refractivity (Wildman–Crippen MR) is 89.7 cm³/mol. The Bertz CT molecular complexity index is 818. The monoisotopic (exact) mass is 349 g/mol. The summed E-state index contributed by atoms with van der Waals surface area (Å²) >= 11 is 0. The molecule has 0 spiro atoms. The van der Waals surface area contributed by atoms with Gasteiger partial charge in [0, 0.05) is 12.6 Å². The molecule has 1 unspecified atom stereocenters. The van der Waals surface area contributed by atoms with Gasteiger partial charge in [-0.05, 0) is 24.1 Å². The molecule has 0 amide bonds. The predicted octanol–water partition coefficient (Wildman–Crippen LogP) is 2.15. The van der Waals surface area contributed by atoms with Crippen molar-refractivity contribution >= 4 is 16.0 Å². The van der Waals surface area contributed by atoms with Crippen molar-refractivity contribution in [2.24, 2.45) is 0 Å². The van der Waals surface area contributed by atoms with Crippen LogP contribution in [-0.2, 0) is 14.8 Å². The Kier molecular flexibility index (Phi) is 5.58. The van der Waals surface area contributed by atoms with Crippen LogP contribution in [0.25, 0.3) is 0 Å². The molecule has 0 saturated heterocycles. The molecule has 0 saturated carbocycles. The van der Waals surface area contributed by atoms with E-state index in [0.717, 1.165) is 0 Å². The van der Waals surface area contributed by atoms with Crippen LogP contribution in [0, 0.1) is 6.92 Å². The maximum atomic E-state index is 12.5. The Labute approximate surface area is 141 Å². The molecule has 6 nitrogen and oxygen atoms in total. The molecule has 1 atom stereocenters. The Morgan fingerprint density at radius 2 is 1.88 bits per heavy atom. The summed E-state index contributed by atoms with van der Waals surface area (Å²) < 4.78 is 32.5. The molecule has 0 heterocycles. The molecule has 7 heteroatoms. The molecule has 2 rings (SSSR count). The highest BCUT2D eigenvalue weighted by Gasteiger charge is 2.24. The van der Waals surface area contributed by atoms with E-state index in [9.17, 15) is 18.3 Å². The molecule has 0 radical (unpaired) electrons. The van der Waals surface area contributed by atoms with E-state index in [1.807, 2.05) is 0 Å². The number of rotatable bonds is 7. The highest BCUT2D eigenvalue weighted by Crippen LogP contribution is 2.22. The molecule has 2 aromatic carbocycles. The third kappa shape index (κ3) is 4.12. The van der Waals surface area contributed by atoms with Crippen molar-refractivity contribution in [3.8, 4) is 5.75 Å². The average Bonchev–Trinajstić information content (AvgIpc) is 2.56. The van der Waals surface area contributed by atoms with E-state index in [1.54, 1.807) is 49.4 Å². The van der Waals surface area contributed by atoms with Gasteiger partial charge in [0.05, 0.1) is 17.9 Å². The summed E-state index contributed by atoms with van der Waals surface area (Å²) in [5.74, 6) is -1.64. The lowest BCUT2D eigenvalue weighted by Crippen LogP contribution is -2.32. The van der Waals surface area contributed by atoms with Gasteiger partial charge in [0.15, 0.2) is 0 Å². The van der Waals surface area contributed by atoms with Crippen LogP contribution in [0.5, 0.6) is 5.75 Å². The summed E-state index contributed by atoms with van der Waals surface area (Å²) in [5, 5.41) is 9.38. The number of sulfonamides is 1. The third-order valence-electron chi connectivity index (χ3n) is 3.66. The number of hydrogen-bond acceptors (Lipinski definition) is 4. The van der Waals surface area contributed by atoms with E-state index in [4.69, 9.17) is 4.74 Å². The van der Waals surface area contributed by atoms with Crippen molar-refractivity contribution in [1.82, 2.24) is 4.72 Å². The zero-order valence-corrected chi connectivity index (χ0v) is 14.2. The van der Waals surface area contributed by atoms with Crippen LogP contribution < -0.4 is 9.46 Å². The van der Waals surface area contributed by atoms with Crippen molar-refractivity contribution < 1.29 is 23.1 Å². The Morgan fingerprint density at radius 3 is 2.46 bits per heavy atom. The second-order valence-corrected chi connectivity index (χ2v) is 7.02. The van der Waals surface area contributed by atoms with E-state index in [0.29, 0.717) is 16.9 Å². The molecule has 24 heavy (non-hydrogen) atoms. The third-order valence-corrected chi connectivity index (χ3v) is 5.23. The van der Waals surface area contributed by atoms with Crippen molar-refractivity contribution in [2.45, 2.75) is 17.7 Å². The van der Waals surface area contributed by atoms with E-state index >= 15 is 0 Å². The summed E-state index contributed by atoms with van der Waals surface area (Å²) in [6.45, 7) is 1.43. The summed E-state index contributed by atoms with van der Waals surface area (Å²) in [7, 11) is -2.40. The minimum absolute atomic E-state index is 0.0686. The maximum absolute atomic E-state index is 12.5. The number of carboxylic acids is 1. The van der Waals surface area contributed by atoms with Crippen molar-refractivity contribution in [3.63, 3.8) is 0 Å². The van der Waals surface area contributed by atoms with Gasteiger partial charge in [-0.2, -0.15) is 0 Å². The van der Waals surface area contributed by atoms with Gasteiger partial charge in [0.1, 0.15) is 5.75 Å². The molecule has 0 aliphatic heterocycles. The van der Waals surface area contributed by atoms with E-state index in [2.05, 4.69) is 4.72 Å². The lowest BCUT2D eigenvalue weighted by atomic mass is 10.00. The van der Waals surface area contributed by atoms with Crippen LogP contribution in [-0.4, -0.2) is 33.1 Å². The normalized spacial score (nSPS) is 12.6. The van der Waals surface area contributed by atoms with Crippen LogP contribution >= 0.6 is 0 Å². The van der Waals surface area contributed by atoms with Gasteiger partial charge in [-0.15, -0.1) is 0 Å². The van der Waals surface area contributed by atoms with Gasteiger partial charge in [-0.1, -0.05) is 36.4 Å². The Balaban J connectivity index is 2.24. The fraction of sp³-hybridized carbons (Fsp3) is 0.235. The van der Waals surface area contributed by atoms with Gasteiger partial charge in [0.25, 0.3) is 0 Å². The second-order valence-electron chi connectivity index (χ2n) is 5.28. The quantitative estimate of drug-likeness (QED) is 0.799. The van der Waals surface area contributed by atoms with Gasteiger partial charge in [0.2, 0.25) is 10.0 Å². The number of aryl methyl sites for hydroxylation is 1. The number of hydrogen-bond donors (Lipinski definition) is 2. The van der Waals surface area contributed by atoms with E-state index in [1.165, 1.54) is 13.2 Å². The number of benzene rings is 2. The smallest absolute Gasteiger partial charge is 0.312 e. The first-order valence-electron chi connectivity index (χ1n) is 7.27. The van der Waals surface area contributed by atoms with Gasteiger partial charge >= 0.3 is 5.97 Å². The first-order valence-corrected chi connectivity index (χ1v) is 8.75. The topological polar surface area (TPSA) is 92.7 Å². The van der Waals surface area contributed by atoms with E-state index < -0.39 is 21.9 Å². The van der Waals surface area contributed by atoms with Crippen LogP contribution in [0.4, 0.5) is 0 Å². The molecule has 0 bridgehead atoms. The molecule has 0 aromatic heterocycles. The minimum atomic E-state index is -3.85. The Morgan fingerprint density at radius 1 is 1.21 bits per heavy atom. The SMILES string of the molecule is COc1ccc(C)c(S(=O)(=O)NCC(C(=O)O)c2ccccc2)c1. The first kappa shape index (κ1) is 18.0. The lowest BCUT2D eigenvalue weighted by Gasteiger charge is -2.15. The summed E-state index contributed by atoms with van der Waals surface area (Å²) in [6, 6.07) is 13.2. The fourth-order valence-electron chi connectivity index (χ4n) is 2.30. The van der Waals surface area contributed by atoms with Gasteiger partial charge in [-0.25, -0.2) is 13.1 Å². The Hall–Kier alpha value is -2.38. The highest BCUT2D eigenvalue weighted by atomic mass is 32.2. The molecule has 2 aromatic rings. The zero-order chi connectivity index (χ0) is 17.7. The number of carboxylic acid groups (broad SMARTS) is 1. The summed E-state index contributed by atoms with van der Waals surface area (Å²) in [6.07, 6.45) is 0. The fourth-order valence-corrected chi connectivity index (χ4v) is 3.61. The molecule has 2 N–H and O–H groups in total. The number of nitrogens with one attached hydrogen (secondary N) is 1. The van der Waals surface area contributed by atoms with Crippen LogP contribution in [0.15, 0.2) is 53.4 Å². The molecule has 0 aliphatic rings. The first-order chi connectivity index (χ1) is 11.3. The van der Waals surface area contributed by atoms with Crippen LogP contribution in [0.1, 0.15) is 17.0 Å². The number of methoxy groups -OCH3 is 1. The molecule has 0 fully saturated rings. The number of aliphatic carboxylic acids is 1. The van der Waals surface area contributed by atoms with Gasteiger partial charge < -0.3 is 9.84 Å². The van der Waals surface area contributed by atoms with Crippen LogP contribution in [0.2, 0.25) is 0 Å².